The fraction of sp³-hybridized carbons (Fsp3) is 0.561. The maximum Gasteiger partial charge on any atom is 0.307 e. The summed E-state index contributed by atoms with van der Waals surface area (Å²) in [6.07, 6.45) is 14.0. The van der Waals surface area contributed by atoms with Crippen LogP contribution in [0.1, 0.15) is 118 Å². The van der Waals surface area contributed by atoms with Gasteiger partial charge in [0.25, 0.3) is 0 Å². The van der Waals surface area contributed by atoms with Crippen molar-refractivity contribution in [2.45, 2.75) is 118 Å². The van der Waals surface area contributed by atoms with Gasteiger partial charge in [-0.2, -0.15) is 0 Å². The van der Waals surface area contributed by atoms with Crippen LogP contribution in [-0.2, 0) is 23.9 Å². The number of esters is 2. The van der Waals surface area contributed by atoms with Gasteiger partial charge in [0, 0.05) is 37.3 Å². The monoisotopic (exact) mass is 687 g/mol. The van der Waals surface area contributed by atoms with E-state index in [1.807, 2.05) is 43.3 Å². The number of carbonyl (C=O) groups is 4. The second kappa shape index (κ2) is 13.4. The van der Waals surface area contributed by atoms with Crippen molar-refractivity contribution in [3.8, 4) is 0 Å². The molecule has 4 aliphatic carbocycles. The largest absolute Gasteiger partial charge is 0.435 e. The molecule has 1 amide bonds. The first-order chi connectivity index (χ1) is 22.9. The van der Waals surface area contributed by atoms with Crippen LogP contribution in [0.15, 0.2) is 77.3 Å². The Morgan fingerprint density at radius 3 is 2.12 bits per heavy atom. The first-order valence-corrected chi connectivity index (χ1v) is 18.5. The summed E-state index contributed by atoms with van der Waals surface area (Å²) in [5.74, 6) is -0.447. The van der Waals surface area contributed by atoms with E-state index >= 15 is 0 Å². The van der Waals surface area contributed by atoms with Gasteiger partial charge in [-0.25, -0.2) is 0 Å². The third kappa shape index (κ3) is 6.74. The van der Waals surface area contributed by atoms with Crippen LogP contribution in [0.5, 0.6) is 0 Å². The van der Waals surface area contributed by atoms with E-state index in [2.05, 4.69) is 46.0 Å². The van der Waals surface area contributed by atoms with Crippen molar-refractivity contribution in [1.29, 1.82) is 0 Å². The molecule has 7 atom stereocenters. The fourth-order valence-electron chi connectivity index (χ4n) is 10.0. The van der Waals surface area contributed by atoms with Gasteiger partial charge in [0.15, 0.2) is 0 Å². The van der Waals surface area contributed by atoms with E-state index in [1.54, 1.807) is 6.92 Å². The molecule has 0 radical (unpaired) electrons. The van der Waals surface area contributed by atoms with Gasteiger partial charge < -0.3 is 14.8 Å². The Morgan fingerprint density at radius 2 is 1.49 bits per heavy atom. The SMILES string of the molecule is CC(=O)N[C@]1(C)CC[C@]2(C)CC[C@]3(C)C4=CC(SC(=O)c5ccccc5)C(C(/C)=C/OC(C)=O)=C(/C=C/OC(C)=O)[C@]4(C)CC[C@@]3(C)[C@@H]2C1. The van der Waals surface area contributed by atoms with Gasteiger partial charge in [-0.1, -0.05) is 81.4 Å². The molecule has 7 nitrogen and oxygen atoms in total. The highest BCUT2D eigenvalue weighted by atomic mass is 32.2. The summed E-state index contributed by atoms with van der Waals surface area (Å²) in [5, 5.41) is 2.89. The Labute approximate surface area is 296 Å². The molecular formula is C41H53NO6S. The summed E-state index contributed by atoms with van der Waals surface area (Å²) >= 11 is 1.26. The van der Waals surface area contributed by atoms with Crippen molar-refractivity contribution in [2.24, 2.45) is 27.6 Å². The van der Waals surface area contributed by atoms with Crippen molar-refractivity contribution < 1.29 is 28.7 Å². The smallest absolute Gasteiger partial charge is 0.307 e. The summed E-state index contributed by atoms with van der Waals surface area (Å²) in [7, 11) is 0. The van der Waals surface area contributed by atoms with Crippen LogP contribution in [0.3, 0.4) is 0 Å². The first-order valence-electron chi connectivity index (χ1n) is 17.6. The highest BCUT2D eigenvalue weighted by Crippen LogP contribution is 2.75. The zero-order valence-electron chi connectivity index (χ0n) is 30.7. The zero-order valence-corrected chi connectivity index (χ0v) is 31.5. The van der Waals surface area contributed by atoms with Gasteiger partial charge in [0.2, 0.25) is 11.0 Å². The number of thioether (sulfide) groups is 1. The number of ether oxygens (including phenoxy) is 2. The summed E-state index contributed by atoms with van der Waals surface area (Å²) in [4.78, 5) is 50.1. The average molecular weight is 688 g/mol. The Morgan fingerprint density at radius 1 is 0.837 bits per heavy atom. The lowest BCUT2D eigenvalue weighted by Crippen LogP contribution is -2.64. The van der Waals surface area contributed by atoms with Crippen LogP contribution >= 0.6 is 11.8 Å². The average Bonchev–Trinajstić information content (AvgIpc) is 3.03. The van der Waals surface area contributed by atoms with E-state index in [0.717, 1.165) is 61.7 Å². The molecule has 3 fully saturated rings. The summed E-state index contributed by atoms with van der Waals surface area (Å²) in [6.45, 7) is 18.1. The van der Waals surface area contributed by atoms with Crippen molar-refractivity contribution in [1.82, 2.24) is 5.32 Å². The molecule has 4 aliphatic rings. The van der Waals surface area contributed by atoms with Gasteiger partial charge in [0.1, 0.15) is 0 Å². The maximum atomic E-state index is 13.9. The molecule has 1 aromatic carbocycles. The van der Waals surface area contributed by atoms with E-state index in [9.17, 15) is 19.2 Å². The number of allylic oxidation sites excluding steroid dienone is 4. The number of carbonyl (C=O) groups excluding carboxylic acids is 4. The van der Waals surface area contributed by atoms with Crippen molar-refractivity contribution in [2.75, 3.05) is 0 Å². The standard InChI is InChI=1S/C41H53NO6S/c1-26(25-48-29(4)45)35-31(15-22-47-28(3)44)39(7)19-21-41(9)34-24-38(6,42-27(2)43)18-16-37(34,5)17-20-40(41,8)33(39)23-32(35)49-36(46)30-13-11-10-12-14-30/h10-15,22-23,25,32,34H,16-21,24H2,1-9H3,(H,42,43)/b22-15+,26-25+/t32?,34-,37-,38-,39+,40-,41+/m1/s1. The molecule has 0 bridgehead atoms. The molecule has 0 spiro atoms. The van der Waals surface area contributed by atoms with Crippen LogP contribution in [0.4, 0.5) is 0 Å². The first kappa shape index (κ1) is 36.9. The molecule has 49 heavy (non-hydrogen) atoms. The summed E-state index contributed by atoms with van der Waals surface area (Å²) in [6, 6.07) is 9.29. The highest BCUT2D eigenvalue weighted by Gasteiger charge is 2.67. The minimum Gasteiger partial charge on any atom is -0.435 e. The summed E-state index contributed by atoms with van der Waals surface area (Å²) < 4.78 is 10.8. The predicted octanol–water partition coefficient (Wildman–Crippen LogP) is 9.02. The number of fused-ring (bicyclic) bond motifs is 5. The Hall–Kier alpha value is -3.39. The maximum absolute atomic E-state index is 13.9. The second-order valence-electron chi connectivity index (χ2n) is 16.2. The minimum absolute atomic E-state index is 0.0167. The van der Waals surface area contributed by atoms with E-state index in [1.165, 1.54) is 43.7 Å². The fourth-order valence-corrected chi connectivity index (χ4v) is 11.2. The lowest BCUT2D eigenvalue weighted by molar-refractivity contribution is -0.156. The lowest BCUT2D eigenvalue weighted by atomic mass is 9.35. The van der Waals surface area contributed by atoms with Crippen LogP contribution in [0.2, 0.25) is 0 Å². The van der Waals surface area contributed by atoms with Gasteiger partial charge >= 0.3 is 11.9 Å². The number of hydrogen-bond acceptors (Lipinski definition) is 7. The third-order valence-electron chi connectivity index (χ3n) is 12.8. The molecule has 264 valence electrons. The van der Waals surface area contributed by atoms with Crippen molar-refractivity contribution >= 4 is 34.7 Å². The molecule has 0 aliphatic heterocycles. The van der Waals surface area contributed by atoms with Gasteiger partial charge in [-0.3, -0.25) is 19.2 Å². The molecule has 0 heterocycles. The normalized spacial score (nSPS) is 35.8. The molecule has 0 saturated heterocycles. The molecule has 3 saturated carbocycles. The topological polar surface area (TPSA) is 98.8 Å². The molecule has 0 aromatic heterocycles. The molecule has 5 rings (SSSR count). The van der Waals surface area contributed by atoms with E-state index in [-0.39, 0.29) is 38.1 Å². The van der Waals surface area contributed by atoms with Crippen LogP contribution < -0.4 is 5.32 Å². The van der Waals surface area contributed by atoms with E-state index in [4.69, 9.17) is 9.47 Å². The molecule has 8 heteroatoms. The van der Waals surface area contributed by atoms with E-state index < -0.39 is 17.4 Å². The number of benzene rings is 1. The Bertz CT molecular complexity index is 1660. The molecule has 1 unspecified atom stereocenters. The van der Waals surface area contributed by atoms with Gasteiger partial charge in [-0.15, -0.1) is 0 Å². The number of rotatable bonds is 7. The predicted molar refractivity (Wildman–Crippen MR) is 194 cm³/mol. The van der Waals surface area contributed by atoms with Crippen molar-refractivity contribution in [3.63, 3.8) is 0 Å². The number of amides is 1. The van der Waals surface area contributed by atoms with Crippen LogP contribution in [-0.4, -0.2) is 33.7 Å². The van der Waals surface area contributed by atoms with E-state index in [0.29, 0.717) is 11.5 Å². The molecule has 1 aromatic rings. The molecule has 1 N–H and O–H groups in total. The summed E-state index contributed by atoms with van der Waals surface area (Å²) in [5.41, 5.74) is 3.68. The van der Waals surface area contributed by atoms with Gasteiger partial charge in [0.05, 0.1) is 17.8 Å². The van der Waals surface area contributed by atoms with Crippen molar-refractivity contribution in [3.05, 3.63) is 82.9 Å². The Balaban J connectivity index is 1.69. The van der Waals surface area contributed by atoms with Gasteiger partial charge in [-0.05, 0) is 104 Å². The van der Waals surface area contributed by atoms with Crippen LogP contribution in [0, 0.1) is 27.6 Å². The third-order valence-corrected chi connectivity index (χ3v) is 13.9. The zero-order chi connectivity index (χ0) is 36.0. The van der Waals surface area contributed by atoms with Crippen LogP contribution in [0.25, 0.3) is 0 Å². The second-order valence-corrected chi connectivity index (χ2v) is 17.3. The highest BCUT2D eigenvalue weighted by molar-refractivity contribution is 8.15. The minimum atomic E-state index is -0.443. The Kier molecular flexibility index (Phi) is 10.1. The number of hydrogen-bond donors (Lipinski definition) is 1. The molecular weight excluding hydrogens is 635 g/mol. The quantitative estimate of drug-likeness (QED) is 0.174. The lowest BCUT2D eigenvalue weighted by Gasteiger charge is -2.70. The number of nitrogens with one attached hydrogen (secondary N) is 1.